The molecule has 1 saturated carbocycles. The van der Waals surface area contributed by atoms with Crippen molar-refractivity contribution in [3.05, 3.63) is 33.8 Å². The number of carbonyl (C=O) groups is 1. The fourth-order valence-corrected chi connectivity index (χ4v) is 2.25. The Balaban J connectivity index is 2.09. The van der Waals surface area contributed by atoms with Crippen LogP contribution in [0, 0.1) is 0 Å². The molecule has 3 nitrogen and oxygen atoms in total. The molecule has 0 unspecified atom stereocenters. The van der Waals surface area contributed by atoms with Crippen LogP contribution in [-0.4, -0.2) is 23.2 Å². The van der Waals surface area contributed by atoms with Gasteiger partial charge in [-0.1, -0.05) is 29.3 Å². The molecule has 0 atom stereocenters. The second kappa shape index (κ2) is 4.62. The van der Waals surface area contributed by atoms with E-state index in [9.17, 15) is 4.79 Å². The summed E-state index contributed by atoms with van der Waals surface area (Å²) < 4.78 is 0. The fraction of sp³-hybridized carbons (Fsp3) is 0.364. The molecule has 0 aromatic heterocycles. The highest BCUT2D eigenvalue weighted by molar-refractivity contribution is 6.39. The van der Waals surface area contributed by atoms with Crippen molar-refractivity contribution >= 4 is 29.1 Å². The number of aliphatic hydroxyl groups is 1. The van der Waals surface area contributed by atoms with E-state index in [0.717, 1.165) is 0 Å². The molecule has 1 aliphatic rings. The lowest BCUT2D eigenvalue weighted by atomic mass is 9.89. The minimum Gasteiger partial charge on any atom is -0.393 e. The van der Waals surface area contributed by atoms with Crippen LogP contribution in [-0.2, 0) is 0 Å². The molecule has 2 N–H and O–H groups in total. The lowest BCUT2D eigenvalue weighted by Gasteiger charge is -2.32. The monoisotopic (exact) mass is 259 g/mol. The van der Waals surface area contributed by atoms with Gasteiger partial charge in [-0.3, -0.25) is 4.79 Å². The van der Waals surface area contributed by atoms with Gasteiger partial charge in [-0.15, -0.1) is 0 Å². The first-order valence-corrected chi connectivity index (χ1v) is 5.76. The minimum atomic E-state index is -0.299. The van der Waals surface area contributed by atoms with E-state index < -0.39 is 0 Å². The summed E-state index contributed by atoms with van der Waals surface area (Å²) in [4.78, 5) is 11.8. The Morgan fingerprint density at radius 3 is 2.38 bits per heavy atom. The summed E-state index contributed by atoms with van der Waals surface area (Å²) in [5.74, 6) is -0.285. The Morgan fingerprint density at radius 1 is 1.31 bits per heavy atom. The number of aliphatic hydroxyl groups excluding tert-OH is 1. The molecule has 0 heterocycles. The molecule has 0 aliphatic heterocycles. The number of amides is 1. The summed E-state index contributed by atoms with van der Waals surface area (Å²) in [6.07, 6.45) is 0.883. The molecule has 0 spiro atoms. The Kier molecular flexibility index (Phi) is 3.38. The summed E-state index contributed by atoms with van der Waals surface area (Å²) in [5.41, 5.74) is 0.298. The van der Waals surface area contributed by atoms with Gasteiger partial charge in [0.25, 0.3) is 5.91 Å². The van der Waals surface area contributed by atoms with Crippen molar-refractivity contribution < 1.29 is 9.90 Å². The van der Waals surface area contributed by atoms with Crippen molar-refractivity contribution in [3.8, 4) is 0 Å². The predicted molar refractivity (Wildman–Crippen MR) is 63.0 cm³/mol. The maximum Gasteiger partial charge on any atom is 0.254 e. The third-order valence-corrected chi connectivity index (χ3v) is 3.27. The van der Waals surface area contributed by atoms with Gasteiger partial charge in [0.05, 0.1) is 21.7 Å². The summed E-state index contributed by atoms with van der Waals surface area (Å²) >= 11 is 11.8. The second-order valence-electron chi connectivity index (χ2n) is 3.89. The third kappa shape index (κ3) is 2.32. The summed E-state index contributed by atoms with van der Waals surface area (Å²) in [5, 5.41) is 12.6. The van der Waals surface area contributed by atoms with Crippen molar-refractivity contribution in [2.24, 2.45) is 0 Å². The topological polar surface area (TPSA) is 49.3 Å². The van der Waals surface area contributed by atoms with Crippen LogP contribution in [0.5, 0.6) is 0 Å². The first kappa shape index (κ1) is 11.7. The van der Waals surface area contributed by atoms with Crippen LogP contribution in [0.2, 0.25) is 10.0 Å². The third-order valence-electron chi connectivity index (χ3n) is 2.64. The highest BCUT2D eigenvalue weighted by Gasteiger charge is 2.29. The van der Waals surface area contributed by atoms with Crippen LogP contribution >= 0.6 is 23.2 Å². The molecule has 0 bridgehead atoms. The van der Waals surface area contributed by atoms with Crippen LogP contribution in [0.4, 0.5) is 0 Å². The largest absolute Gasteiger partial charge is 0.393 e. The van der Waals surface area contributed by atoms with Crippen LogP contribution in [0.3, 0.4) is 0 Å². The Bertz CT molecular complexity index is 396. The van der Waals surface area contributed by atoms with Crippen LogP contribution in [0.1, 0.15) is 23.2 Å². The molecule has 2 rings (SSSR count). The molecule has 1 aromatic carbocycles. The number of carbonyl (C=O) groups excluding carboxylic acids is 1. The molecule has 1 fully saturated rings. The van der Waals surface area contributed by atoms with Gasteiger partial charge < -0.3 is 10.4 Å². The van der Waals surface area contributed by atoms with Crippen LogP contribution in [0.25, 0.3) is 0 Å². The molecule has 0 saturated heterocycles. The van der Waals surface area contributed by atoms with Gasteiger partial charge in [-0.05, 0) is 25.0 Å². The first-order chi connectivity index (χ1) is 7.58. The summed E-state index contributed by atoms with van der Waals surface area (Å²) in [7, 11) is 0. The number of benzene rings is 1. The molecule has 5 heteroatoms. The van der Waals surface area contributed by atoms with Crippen molar-refractivity contribution in [2.45, 2.75) is 25.0 Å². The summed E-state index contributed by atoms with van der Waals surface area (Å²) in [6, 6.07) is 4.96. The van der Waals surface area contributed by atoms with E-state index >= 15 is 0 Å². The average Bonchev–Trinajstić information content (AvgIpc) is 2.15. The predicted octanol–water partition coefficient (Wildman–Crippen LogP) is 2.25. The number of nitrogens with one attached hydrogen (secondary N) is 1. The Labute approximate surface area is 103 Å². The molecular weight excluding hydrogens is 249 g/mol. The SMILES string of the molecule is O=C(NC1CC(O)C1)c1c(Cl)cccc1Cl. The van der Waals surface area contributed by atoms with E-state index in [1.54, 1.807) is 18.2 Å². The van der Waals surface area contributed by atoms with Gasteiger partial charge in [0.15, 0.2) is 0 Å². The van der Waals surface area contributed by atoms with E-state index in [4.69, 9.17) is 28.3 Å². The van der Waals surface area contributed by atoms with Crippen LogP contribution < -0.4 is 5.32 Å². The maximum absolute atomic E-state index is 11.8. The van der Waals surface area contributed by atoms with Crippen molar-refractivity contribution in [2.75, 3.05) is 0 Å². The highest BCUT2D eigenvalue weighted by atomic mass is 35.5. The molecule has 16 heavy (non-hydrogen) atoms. The zero-order chi connectivity index (χ0) is 11.7. The minimum absolute atomic E-state index is 0.0230. The number of halogens is 2. The van der Waals surface area contributed by atoms with Crippen molar-refractivity contribution in [1.29, 1.82) is 0 Å². The van der Waals surface area contributed by atoms with E-state index in [0.29, 0.717) is 28.5 Å². The first-order valence-electron chi connectivity index (χ1n) is 5.01. The summed E-state index contributed by atoms with van der Waals surface area (Å²) in [6.45, 7) is 0. The van der Waals surface area contributed by atoms with E-state index in [1.807, 2.05) is 0 Å². The van der Waals surface area contributed by atoms with E-state index in [2.05, 4.69) is 5.32 Å². The molecule has 1 amide bonds. The van der Waals surface area contributed by atoms with Gasteiger partial charge in [0.2, 0.25) is 0 Å². The van der Waals surface area contributed by atoms with Crippen LogP contribution in [0.15, 0.2) is 18.2 Å². The Morgan fingerprint density at radius 2 is 1.88 bits per heavy atom. The molecule has 1 aromatic rings. The maximum atomic E-state index is 11.8. The normalized spacial score (nSPS) is 23.7. The molecular formula is C11H11Cl2NO2. The smallest absolute Gasteiger partial charge is 0.254 e. The fourth-order valence-electron chi connectivity index (χ4n) is 1.68. The number of rotatable bonds is 2. The van der Waals surface area contributed by atoms with Gasteiger partial charge in [-0.2, -0.15) is 0 Å². The quantitative estimate of drug-likeness (QED) is 0.856. The zero-order valence-corrected chi connectivity index (χ0v) is 9.92. The zero-order valence-electron chi connectivity index (χ0n) is 8.41. The Hall–Kier alpha value is -0.770. The standard InChI is InChI=1S/C11H11Cl2NO2/c12-8-2-1-3-9(13)10(8)11(16)14-6-4-7(15)5-6/h1-3,6-7,15H,4-5H2,(H,14,16). The average molecular weight is 260 g/mol. The van der Waals surface area contributed by atoms with Crippen molar-refractivity contribution in [3.63, 3.8) is 0 Å². The lowest BCUT2D eigenvalue weighted by molar-refractivity contribution is 0.0563. The lowest BCUT2D eigenvalue weighted by Crippen LogP contribution is -2.46. The second-order valence-corrected chi connectivity index (χ2v) is 4.71. The van der Waals surface area contributed by atoms with Gasteiger partial charge in [-0.25, -0.2) is 0 Å². The number of hydrogen-bond acceptors (Lipinski definition) is 2. The van der Waals surface area contributed by atoms with E-state index in [1.165, 1.54) is 0 Å². The molecule has 1 aliphatic carbocycles. The molecule has 0 radical (unpaired) electrons. The van der Waals surface area contributed by atoms with Crippen molar-refractivity contribution in [1.82, 2.24) is 5.32 Å². The van der Waals surface area contributed by atoms with Gasteiger partial charge >= 0.3 is 0 Å². The highest BCUT2D eigenvalue weighted by Crippen LogP contribution is 2.26. The molecule has 86 valence electrons. The van der Waals surface area contributed by atoms with Gasteiger partial charge in [0, 0.05) is 6.04 Å². The van der Waals surface area contributed by atoms with E-state index in [-0.39, 0.29) is 18.1 Å². The van der Waals surface area contributed by atoms with Gasteiger partial charge in [0.1, 0.15) is 0 Å². The number of hydrogen-bond donors (Lipinski definition) is 2.